The Labute approximate surface area is 106 Å². The van der Waals surface area contributed by atoms with Gasteiger partial charge in [0.2, 0.25) is 0 Å². The summed E-state index contributed by atoms with van der Waals surface area (Å²) in [7, 11) is 1.67. The lowest BCUT2D eigenvalue weighted by atomic mass is 10.0. The highest BCUT2D eigenvalue weighted by atomic mass is 35.5. The molecule has 0 unspecified atom stereocenters. The molecule has 0 radical (unpaired) electrons. The van der Waals surface area contributed by atoms with E-state index in [2.05, 4.69) is 24.9 Å². The molecule has 3 nitrogen and oxygen atoms in total. The number of halogens is 1. The molecular weight excluding hydrogens is 236 g/mol. The van der Waals surface area contributed by atoms with Gasteiger partial charge >= 0.3 is 0 Å². The maximum absolute atomic E-state index is 5.81. The van der Waals surface area contributed by atoms with E-state index in [0.29, 0.717) is 11.1 Å². The molecule has 2 rings (SSSR count). The predicted molar refractivity (Wildman–Crippen MR) is 69.2 cm³/mol. The molecular formula is C13H15ClN2O. The first-order valence-corrected chi connectivity index (χ1v) is 5.87. The van der Waals surface area contributed by atoms with Gasteiger partial charge < -0.3 is 9.30 Å². The zero-order valence-corrected chi connectivity index (χ0v) is 10.9. The van der Waals surface area contributed by atoms with E-state index in [0.717, 1.165) is 11.4 Å². The SMILES string of the molecule is COc1cc(C(C)C)ccc1-n1cnc(Cl)c1. The summed E-state index contributed by atoms with van der Waals surface area (Å²) < 4.78 is 7.26. The monoisotopic (exact) mass is 250 g/mol. The van der Waals surface area contributed by atoms with Crippen LogP contribution in [-0.4, -0.2) is 16.7 Å². The number of imidazole rings is 1. The minimum Gasteiger partial charge on any atom is -0.495 e. The van der Waals surface area contributed by atoms with E-state index in [1.807, 2.05) is 16.7 Å². The molecule has 90 valence electrons. The van der Waals surface area contributed by atoms with E-state index in [9.17, 15) is 0 Å². The molecule has 17 heavy (non-hydrogen) atoms. The maximum Gasteiger partial charge on any atom is 0.147 e. The van der Waals surface area contributed by atoms with E-state index in [1.54, 1.807) is 19.6 Å². The van der Waals surface area contributed by atoms with Gasteiger partial charge in [-0.3, -0.25) is 0 Å². The van der Waals surface area contributed by atoms with Crippen molar-refractivity contribution in [2.45, 2.75) is 19.8 Å². The van der Waals surface area contributed by atoms with Crippen LogP contribution in [0.25, 0.3) is 5.69 Å². The minimum atomic E-state index is 0.472. The second kappa shape index (κ2) is 4.80. The number of nitrogens with zero attached hydrogens (tertiary/aromatic N) is 2. The summed E-state index contributed by atoms with van der Waals surface area (Å²) in [6.45, 7) is 4.31. The molecule has 4 heteroatoms. The lowest BCUT2D eigenvalue weighted by Gasteiger charge is -2.12. The van der Waals surface area contributed by atoms with Crippen LogP contribution in [0.4, 0.5) is 0 Å². The molecule has 0 fully saturated rings. The van der Waals surface area contributed by atoms with Crippen molar-refractivity contribution >= 4 is 11.6 Å². The molecule has 2 aromatic rings. The van der Waals surface area contributed by atoms with Gasteiger partial charge in [0.05, 0.1) is 12.8 Å². The van der Waals surface area contributed by atoms with Gasteiger partial charge in [-0.15, -0.1) is 0 Å². The van der Waals surface area contributed by atoms with Crippen molar-refractivity contribution in [1.82, 2.24) is 9.55 Å². The summed E-state index contributed by atoms with van der Waals surface area (Å²) >= 11 is 5.81. The molecule has 0 bridgehead atoms. The summed E-state index contributed by atoms with van der Waals surface area (Å²) in [5.41, 5.74) is 2.19. The molecule has 0 aliphatic rings. The van der Waals surface area contributed by atoms with Crippen molar-refractivity contribution in [2.75, 3.05) is 7.11 Å². The summed E-state index contributed by atoms with van der Waals surface area (Å²) in [5.74, 6) is 1.30. The van der Waals surface area contributed by atoms with Crippen LogP contribution in [0.15, 0.2) is 30.7 Å². The number of methoxy groups -OCH3 is 1. The number of aromatic nitrogens is 2. The van der Waals surface area contributed by atoms with Gasteiger partial charge in [-0.1, -0.05) is 31.5 Å². The van der Waals surface area contributed by atoms with E-state index in [-0.39, 0.29) is 0 Å². The highest BCUT2D eigenvalue weighted by Gasteiger charge is 2.08. The van der Waals surface area contributed by atoms with Gasteiger partial charge in [0.25, 0.3) is 0 Å². The van der Waals surface area contributed by atoms with Gasteiger partial charge in [-0.25, -0.2) is 4.98 Å². The Morgan fingerprint density at radius 3 is 2.65 bits per heavy atom. The highest BCUT2D eigenvalue weighted by Crippen LogP contribution is 2.28. The van der Waals surface area contributed by atoms with Gasteiger partial charge in [0, 0.05) is 6.20 Å². The average molecular weight is 251 g/mol. The predicted octanol–water partition coefficient (Wildman–Crippen LogP) is 3.66. The number of rotatable bonds is 3. The Morgan fingerprint density at radius 2 is 2.12 bits per heavy atom. The third-order valence-electron chi connectivity index (χ3n) is 2.70. The van der Waals surface area contributed by atoms with Crippen LogP contribution in [0.2, 0.25) is 5.15 Å². The highest BCUT2D eigenvalue weighted by molar-refractivity contribution is 6.29. The third kappa shape index (κ3) is 2.44. The lowest BCUT2D eigenvalue weighted by molar-refractivity contribution is 0.412. The van der Waals surface area contributed by atoms with Crippen LogP contribution in [0.1, 0.15) is 25.3 Å². The second-order valence-electron chi connectivity index (χ2n) is 4.19. The van der Waals surface area contributed by atoms with Gasteiger partial charge in [0.1, 0.15) is 17.2 Å². The lowest BCUT2D eigenvalue weighted by Crippen LogP contribution is -1.97. The molecule has 1 aromatic carbocycles. The summed E-state index contributed by atoms with van der Waals surface area (Å²) in [4.78, 5) is 4.00. The molecule has 1 heterocycles. The van der Waals surface area contributed by atoms with E-state index in [4.69, 9.17) is 16.3 Å². The number of benzene rings is 1. The summed E-state index contributed by atoms with van der Waals surface area (Å²) in [5, 5.41) is 0.472. The van der Waals surface area contributed by atoms with Crippen LogP contribution >= 0.6 is 11.6 Å². The fourth-order valence-electron chi connectivity index (χ4n) is 1.70. The first-order chi connectivity index (χ1) is 8.11. The van der Waals surface area contributed by atoms with Crippen LogP contribution in [0.3, 0.4) is 0 Å². The van der Waals surface area contributed by atoms with Crippen molar-refractivity contribution in [3.63, 3.8) is 0 Å². The Balaban J connectivity index is 2.48. The van der Waals surface area contributed by atoms with E-state index in [1.165, 1.54) is 5.56 Å². The molecule has 0 N–H and O–H groups in total. The molecule has 0 saturated heterocycles. The quantitative estimate of drug-likeness (QED) is 0.831. The number of ether oxygens (including phenoxy) is 1. The van der Waals surface area contributed by atoms with E-state index >= 15 is 0 Å². The molecule has 0 amide bonds. The zero-order chi connectivity index (χ0) is 12.4. The Kier molecular flexibility index (Phi) is 3.38. The third-order valence-corrected chi connectivity index (χ3v) is 2.89. The molecule has 0 spiro atoms. The van der Waals surface area contributed by atoms with E-state index < -0.39 is 0 Å². The van der Waals surface area contributed by atoms with Gasteiger partial charge in [0.15, 0.2) is 0 Å². The van der Waals surface area contributed by atoms with Crippen molar-refractivity contribution in [1.29, 1.82) is 0 Å². The standard InChI is InChI=1S/C13H15ClN2O/c1-9(2)10-4-5-11(12(6-10)17-3)16-7-13(14)15-8-16/h4-9H,1-3H3. The molecule has 0 aliphatic carbocycles. The minimum absolute atomic E-state index is 0.472. The second-order valence-corrected chi connectivity index (χ2v) is 4.58. The van der Waals surface area contributed by atoms with Gasteiger partial charge in [-0.05, 0) is 23.6 Å². The normalized spacial score (nSPS) is 10.9. The maximum atomic E-state index is 5.81. The largest absolute Gasteiger partial charge is 0.495 e. The fourth-order valence-corrected chi connectivity index (χ4v) is 1.85. The molecule has 1 aromatic heterocycles. The zero-order valence-electron chi connectivity index (χ0n) is 10.1. The van der Waals surface area contributed by atoms with Crippen LogP contribution in [0, 0.1) is 0 Å². The molecule has 0 aliphatic heterocycles. The number of hydrogen-bond acceptors (Lipinski definition) is 2. The van der Waals surface area contributed by atoms with Crippen molar-refractivity contribution in [2.24, 2.45) is 0 Å². The average Bonchev–Trinajstić information content (AvgIpc) is 2.74. The van der Waals surface area contributed by atoms with Crippen LogP contribution in [0.5, 0.6) is 5.75 Å². The van der Waals surface area contributed by atoms with Crippen molar-refractivity contribution in [3.8, 4) is 11.4 Å². The Morgan fingerprint density at radius 1 is 1.35 bits per heavy atom. The smallest absolute Gasteiger partial charge is 0.147 e. The van der Waals surface area contributed by atoms with Crippen LogP contribution in [-0.2, 0) is 0 Å². The first-order valence-electron chi connectivity index (χ1n) is 5.49. The van der Waals surface area contributed by atoms with Crippen molar-refractivity contribution < 1.29 is 4.74 Å². The molecule has 0 atom stereocenters. The Hall–Kier alpha value is -1.48. The van der Waals surface area contributed by atoms with Gasteiger partial charge in [-0.2, -0.15) is 0 Å². The topological polar surface area (TPSA) is 27.1 Å². The van der Waals surface area contributed by atoms with Crippen LogP contribution < -0.4 is 4.74 Å². The first kappa shape index (κ1) is 12.0. The molecule has 0 saturated carbocycles. The fraction of sp³-hybridized carbons (Fsp3) is 0.308. The summed E-state index contributed by atoms with van der Waals surface area (Å²) in [6, 6.07) is 6.16. The van der Waals surface area contributed by atoms with Crippen molar-refractivity contribution in [3.05, 3.63) is 41.4 Å². The summed E-state index contributed by atoms with van der Waals surface area (Å²) in [6.07, 6.45) is 3.43. The Bertz CT molecular complexity index is 520. The number of hydrogen-bond donors (Lipinski definition) is 0.